The Morgan fingerprint density at radius 3 is 2.70 bits per heavy atom. The van der Waals surface area contributed by atoms with E-state index in [4.69, 9.17) is 16.3 Å². The molecule has 0 fully saturated rings. The number of aromatic nitrogens is 2. The van der Waals surface area contributed by atoms with Crippen molar-refractivity contribution in [1.82, 2.24) is 9.97 Å². The van der Waals surface area contributed by atoms with E-state index in [2.05, 4.69) is 15.3 Å². The maximum absolute atomic E-state index is 6.37. The molecule has 1 atom stereocenters. The predicted molar refractivity (Wildman–Crippen MR) is 81.5 cm³/mol. The Morgan fingerprint density at radius 2 is 2.00 bits per heavy atom. The smallest absolute Gasteiger partial charge is 0.221 e. The SMILES string of the molecule is CCOc1ncnc(NCC(Cl)c2ccccc2)c1C. The highest BCUT2D eigenvalue weighted by Crippen LogP contribution is 2.23. The Labute approximate surface area is 124 Å². The Bertz CT molecular complexity index is 548. The Morgan fingerprint density at radius 1 is 1.25 bits per heavy atom. The molecule has 4 nitrogen and oxygen atoms in total. The number of rotatable bonds is 6. The molecule has 1 N–H and O–H groups in total. The molecule has 2 rings (SSSR count). The quantitative estimate of drug-likeness (QED) is 0.827. The Balaban J connectivity index is 2.02. The number of halogens is 1. The topological polar surface area (TPSA) is 47.0 Å². The molecule has 0 aliphatic carbocycles. The van der Waals surface area contributed by atoms with Gasteiger partial charge >= 0.3 is 0 Å². The largest absolute Gasteiger partial charge is 0.478 e. The molecule has 1 aromatic heterocycles. The van der Waals surface area contributed by atoms with Crippen LogP contribution in [0.1, 0.15) is 23.4 Å². The molecule has 0 bridgehead atoms. The van der Waals surface area contributed by atoms with Gasteiger partial charge < -0.3 is 10.1 Å². The number of hydrogen-bond donors (Lipinski definition) is 1. The molecule has 0 aliphatic rings. The van der Waals surface area contributed by atoms with Crippen molar-refractivity contribution in [3.8, 4) is 5.88 Å². The number of nitrogens with one attached hydrogen (secondary N) is 1. The molecule has 106 valence electrons. The standard InChI is InChI=1S/C15H18ClN3O/c1-3-20-15-11(2)14(18-10-19-15)17-9-13(16)12-7-5-4-6-8-12/h4-8,10,13H,3,9H2,1-2H3,(H,17,18,19). The molecule has 2 aromatic rings. The summed E-state index contributed by atoms with van der Waals surface area (Å²) in [6.07, 6.45) is 1.49. The van der Waals surface area contributed by atoms with E-state index < -0.39 is 0 Å². The molecule has 5 heteroatoms. The molecular formula is C15H18ClN3O. The zero-order valence-corrected chi connectivity index (χ0v) is 12.4. The summed E-state index contributed by atoms with van der Waals surface area (Å²) in [5, 5.41) is 3.14. The van der Waals surface area contributed by atoms with Crippen molar-refractivity contribution in [2.75, 3.05) is 18.5 Å². The van der Waals surface area contributed by atoms with E-state index in [0.29, 0.717) is 19.0 Å². The van der Waals surface area contributed by atoms with Gasteiger partial charge in [-0.25, -0.2) is 9.97 Å². The maximum atomic E-state index is 6.37. The minimum absolute atomic E-state index is 0.110. The number of benzene rings is 1. The summed E-state index contributed by atoms with van der Waals surface area (Å²) < 4.78 is 5.44. The van der Waals surface area contributed by atoms with Gasteiger partial charge in [0.1, 0.15) is 12.1 Å². The lowest BCUT2D eigenvalue weighted by atomic mass is 10.1. The summed E-state index contributed by atoms with van der Waals surface area (Å²) in [5.41, 5.74) is 1.98. The van der Waals surface area contributed by atoms with E-state index in [1.165, 1.54) is 6.33 Å². The Hall–Kier alpha value is -1.81. The second kappa shape index (κ2) is 7.10. The number of alkyl halides is 1. The average Bonchev–Trinajstić information content (AvgIpc) is 2.49. The van der Waals surface area contributed by atoms with Crippen LogP contribution in [-0.4, -0.2) is 23.1 Å². The number of hydrogen-bond acceptors (Lipinski definition) is 4. The molecular weight excluding hydrogens is 274 g/mol. The highest BCUT2D eigenvalue weighted by Gasteiger charge is 2.11. The van der Waals surface area contributed by atoms with Crippen LogP contribution < -0.4 is 10.1 Å². The number of anilines is 1. The van der Waals surface area contributed by atoms with Crippen molar-refractivity contribution in [2.24, 2.45) is 0 Å². The van der Waals surface area contributed by atoms with E-state index in [-0.39, 0.29) is 5.38 Å². The third kappa shape index (κ3) is 3.61. The summed E-state index contributed by atoms with van der Waals surface area (Å²) in [5.74, 6) is 1.36. The van der Waals surface area contributed by atoms with Gasteiger partial charge in [-0.3, -0.25) is 0 Å². The van der Waals surface area contributed by atoms with Crippen LogP contribution in [0.25, 0.3) is 0 Å². The number of nitrogens with zero attached hydrogens (tertiary/aromatic N) is 2. The first kappa shape index (κ1) is 14.6. The molecule has 1 aromatic carbocycles. The van der Waals surface area contributed by atoms with Crippen LogP contribution in [0.4, 0.5) is 5.82 Å². The summed E-state index contributed by atoms with van der Waals surface area (Å²) in [7, 11) is 0. The van der Waals surface area contributed by atoms with Crippen LogP contribution in [0.2, 0.25) is 0 Å². The zero-order chi connectivity index (χ0) is 14.4. The molecule has 0 amide bonds. The van der Waals surface area contributed by atoms with Crippen LogP contribution in [0.15, 0.2) is 36.7 Å². The molecule has 0 spiro atoms. The van der Waals surface area contributed by atoms with Crippen LogP contribution in [0.3, 0.4) is 0 Å². The molecule has 0 saturated carbocycles. The van der Waals surface area contributed by atoms with Gasteiger partial charge in [0.05, 0.1) is 17.5 Å². The van der Waals surface area contributed by atoms with Crippen LogP contribution in [-0.2, 0) is 0 Å². The fraction of sp³-hybridized carbons (Fsp3) is 0.333. The predicted octanol–water partition coefficient (Wildman–Crippen LogP) is 3.58. The molecule has 0 saturated heterocycles. The van der Waals surface area contributed by atoms with Crippen molar-refractivity contribution >= 4 is 17.4 Å². The van der Waals surface area contributed by atoms with Crippen LogP contribution in [0, 0.1) is 6.92 Å². The van der Waals surface area contributed by atoms with E-state index >= 15 is 0 Å². The second-order valence-electron chi connectivity index (χ2n) is 4.34. The molecule has 1 heterocycles. The first-order valence-electron chi connectivity index (χ1n) is 6.59. The maximum Gasteiger partial charge on any atom is 0.221 e. The van der Waals surface area contributed by atoms with Crippen LogP contribution >= 0.6 is 11.6 Å². The average molecular weight is 292 g/mol. The van der Waals surface area contributed by atoms with Gasteiger partial charge in [-0.1, -0.05) is 30.3 Å². The normalized spacial score (nSPS) is 11.9. The van der Waals surface area contributed by atoms with E-state index in [1.54, 1.807) is 0 Å². The summed E-state index contributed by atoms with van der Waals surface area (Å²) in [6.45, 7) is 5.03. The highest BCUT2D eigenvalue weighted by atomic mass is 35.5. The minimum Gasteiger partial charge on any atom is -0.478 e. The minimum atomic E-state index is -0.110. The summed E-state index contributed by atoms with van der Waals surface area (Å²) in [4.78, 5) is 8.33. The van der Waals surface area contributed by atoms with Crippen molar-refractivity contribution in [2.45, 2.75) is 19.2 Å². The monoisotopic (exact) mass is 291 g/mol. The van der Waals surface area contributed by atoms with Crippen molar-refractivity contribution in [3.63, 3.8) is 0 Å². The molecule has 0 aliphatic heterocycles. The van der Waals surface area contributed by atoms with E-state index in [9.17, 15) is 0 Å². The van der Waals surface area contributed by atoms with Crippen LogP contribution in [0.5, 0.6) is 5.88 Å². The van der Waals surface area contributed by atoms with E-state index in [0.717, 1.165) is 16.9 Å². The van der Waals surface area contributed by atoms with Crippen molar-refractivity contribution in [1.29, 1.82) is 0 Å². The Kier molecular flexibility index (Phi) is 5.18. The molecule has 20 heavy (non-hydrogen) atoms. The molecule has 1 unspecified atom stereocenters. The molecule has 0 radical (unpaired) electrons. The van der Waals surface area contributed by atoms with Gasteiger partial charge in [-0.05, 0) is 19.4 Å². The second-order valence-corrected chi connectivity index (χ2v) is 4.87. The summed E-state index contributed by atoms with van der Waals surface area (Å²) in [6, 6.07) is 9.96. The fourth-order valence-electron chi connectivity index (χ4n) is 1.86. The third-order valence-electron chi connectivity index (χ3n) is 2.93. The van der Waals surface area contributed by atoms with Crippen molar-refractivity contribution in [3.05, 3.63) is 47.8 Å². The van der Waals surface area contributed by atoms with E-state index in [1.807, 2.05) is 44.2 Å². The number of ether oxygens (including phenoxy) is 1. The zero-order valence-electron chi connectivity index (χ0n) is 11.6. The van der Waals surface area contributed by atoms with Gasteiger partial charge in [-0.2, -0.15) is 0 Å². The lowest BCUT2D eigenvalue weighted by molar-refractivity contribution is 0.324. The summed E-state index contributed by atoms with van der Waals surface area (Å²) >= 11 is 6.37. The van der Waals surface area contributed by atoms with Gasteiger partial charge in [-0.15, -0.1) is 11.6 Å². The lowest BCUT2D eigenvalue weighted by Crippen LogP contribution is -2.11. The van der Waals surface area contributed by atoms with Gasteiger partial charge in [0.2, 0.25) is 5.88 Å². The van der Waals surface area contributed by atoms with Gasteiger partial charge in [0.15, 0.2) is 0 Å². The van der Waals surface area contributed by atoms with Gasteiger partial charge in [0.25, 0.3) is 0 Å². The lowest BCUT2D eigenvalue weighted by Gasteiger charge is -2.14. The fourth-order valence-corrected chi connectivity index (χ4v) is 2.08. The first-order chi connectivity index (χ1) is 9.72. The van der Waals surface area contributed by atoms with Gasteiger partial charge in [0, 0.05) is 6.54 Å². The first-order valence-corrected chi connectivity index (χ1v) is 7.03. The third-order valence-corrected chi connectivity index (χ3v) is 3.34. The van der Waals surface area contributed by atoms with Crippen molar-refractivity contribution < 1.29 is 4.74 Å². The highest BCUT2D eigenvalue weighted by molar-refractivity contribution is 6.21.